The quantitative estimate of drug-likeness (QED) is 0.575. The first-order chi connectivity index (χ1) is 7.26. The molecule has 1 rings (SSSR count). The lowest BCUT2D eigenvalue weighted by Crippen LogP contribution is -2.40. The molecule has 0 aliphatic heterocycles. The lowest BCUT2D eigenvalue weighted by atomic mass is 10.3. The average Bonchev–Trinajstić information content (AvgIpc) is 3.05. The van der Waals surface area contributed by atoms with Crippen LogP contribution in [0, 0.1) is 0 Å². The summed E-state index contributed by atoms with van der Waals surface area (Å²) in [6, 6.07) is 0.563. The highest BCUT2D eigenvalue weighted by atomic mass is 16.5. The number of hydrogen-bond acceptors (Lipinski definition) is 4. The van der Waals surface area contributed by atoms with Crippen LogP contribution in [0.2, 0.25) is 0 Å². The topological polar surface area (TPSA) is 59.6 Å². The molecule has 1 amide bonds. The molecule has 0 radical (unpaired) electrons. The van der Waals surface area contributed by atoms with E-state index in [9.17, 15) is 4.79 Å². The van der Waals surface area contributed by atoms with Crippen LogP contribution >= 0.6 is 0 Å². The van der Waals surface area contributed by atoms with Gasteiger partial charge in [0.1, 0.15) is 0 Å². The maximum absolute atomic E-state index is 11.3. The van der Waals surface area contributed by atoms with Gasteiger partial charge in [0.05, 0.1) is 19.3 Å². The van der Waals surface area contributed by atoms with Crippen molar-refractivity contribution in [3.05, 3.63) is 0 Å². The molecule has 88 valence electrons. The Hall–Kier alpha value is -0.650. The fourth-order valence-electron chi connectivity index (χ4n) is 1.21. The van der Waals surface area contributed by atoms with E-state index in [4.69, 9.17) is 9.47 Å². The van der Waals surface area contributed by atoms with Crippen LogP contribution in [-0.4, -0.2) is 52.0 Å². The fourth-order valence-corrected chi connectivity index (χ4v) is 1.21. The van der Waals surface area contributed by atoms with Crippen molar-refractivity contribution in [2.75, 3.05) is 33.9 Å². The average molecular weight is 216 g/mol. The van der Waals surface area contributed by atoms with E-state index in [1.807, 2.05) is 0 Å². The SMILES string of the molecule is COCC(CNC(=O)CNC1CC1)OC. The molecule has 1 atom stereocenters. The summed E-state index contributed by atoms with van der Waals surface area (Å²) >= 11 is 0. The van der Waals surface area contributed by atoms with Gasteiger partial charge in [-0.1, -0.05) is 0 Å². The summed E-state index contributed by atoms with van der Waals surface area (Å²) in [6.45, 7) is 1.39. The second kappa shape index (κ2) is 6.76. The van der Waals surface area contributed by atoms with Gasteiger partial charge in [0.25, 0.3) is 0 Å². The molecule has 0 spiro atoms. The van der Waals surface area contributed by atoms with Gasteiger partial charge in [-0.25, -0.2) is 0 Å². The lowest BCUT2D eigenvalue weighted by molar-refractivity contribution is -0.121. The number of nitrogens with one attached hydrogen (secondary N) is 2. The van der Waals surface area contributed by atoms with Crippen molar-refractivity contribution >= 4 is 5.91 Å². The molecule has 1 aliphatic rings. The zero-order valence-electron chi connectivity index (χ0n) is 9.41. The number of hydrogen-bond donors (Lipinski definition) is 2. The van der Waals surface area contributed by atoms with E-state index in [-0.39, 0.29) is 12.0 Å². The van der Waals surface area contributed by atoms with Crippen LogP contribution in [0.1, 0.15) is 12.8 Å². The van der Waals surface area contributed by atoms with E-state index in [1.165, 1.54) is 12.8 Å². The number of rotatable bonds is 8. The molecule has 0 aromatic heterocycles. The summed E-state index contributed by atoms with van der Waals surface area (Å²) in [5.74, 6) is 0.0139. The molecule has 0 bridgehead atoms. The van der Waals surface area contributed by atoms with Crippen LogP contribution < -0.4 is 10.6 Å². The number of carbonyl (C=O) groups excluding carboxylic acids is 1. The predicted octanol–water partition coefficient (Wildman–Crippen LogP) is -0.484. The van der Waals surface area contributed by atoms with Crippen molar-refractivity contribution in [1.29, 1.82) is 0 Å². The van der Waals surface area contributed by atoms with Crippen molar-refractivity contribution in [2.45, 2.75) is 25.0 Å². The summed E-state index contributed by atoms with van der Waals surface area (Å²) in [4.78, 5) is 11.3. The van der Waals surface area contributed by atoms with Crippen molar-refractivity contribution in [1.82, 2.24) is 10.6 Å². The minimum absolute atomic E-state index is 0.0139. The van der Waals surface area contributed by atoms with E-state index >= 15 is 0 Å². The van der Waals surface area contributed by atoms with E-state index in [0.717, 1.165) is 0 Å². The normalized spacial score (nSPS) is 17.5. The number of amides is 1. The van der Waals surface area contributed by atoms with Gasteiger partial charge in [-0.3, -0.25) is 4.79 Å². The van der Waals surface area contributed by atoms with Crippen LogP contribution in [0.25, 0.3) is 0 Å². The molecule has 15 heavy (non-hydrogen) atoms. The molecule has 0 aromatic rings. The van der Waals surface area contributed by atoms with Gasteiger partial charge in [-0.05, 0) is 12.8 Å². The largest absolute Gasteiger partial charge is 0.382 e. The van der Waals surface area contributed by atoms with E-state index < -0.39 is 0 Å². The third kappa shape index (κ3) is 5.71. The van der Waals surface area contributed by atoms with Crippen LogP contribution in [0.3, 0.4) is 0 Å². The van der Waals surface area contributed by atoms with Gasteiger partial charge in [0.15, 0.2) is 0 Å². The summed E-state index contributed by atoms with van der Waals surface area (Å²) in [6.07, 6.45) is 2.31. The van der Waals surface area contributed by atoms with Gasteiger partial charge < -0.3 is 20.1 Å². The molecular weight excluding hydrogens is 196 g/mol. The summed E-state index contributed by atoms with van der Waals surface area (Å²) < 4.78 is 10.1. The van der Waals surface area contributed by atoms with Gasteiger partial charge in [-0.15, -0.1) is 0 Å². The summed E-state index contributed by atoms with van der Waals surface area (Å²) in [5.41, 5.74) is 0. The van der Waals surface area contributed by atoms with E-state index in [1.54, 1.807) is 14.2 Å². The zero-order valence-corrected chi connectivity index (χ0v) is 9.41. The maximum atomic E-state index is 11.3. The standard InChI is InChI=1S/C10H20N2O3/c1-14-7-9(15-2)5-12-10(13)6-11-8-3-4-8/h8-9,11H,3-7H2,1-2H3,(H,12,13). The molecule has 5 heteroatoms. The van der Waals surface area contributed by atoms with Crippen molar-refractivity contribution in [3.63, 3.8) is 0 Å². The Morgan fingerprint density at radius 2 is 2.20 bits per heavy atom. The highest BCUT2D eigenvalue weighted by molar-refractivity contribution is 5.78. The number of methoxy groups -OCH3 is 2. The monoisotopic (exact) mass is 216 g/mol. The van der Waals surface area contributed by atoms with Gasteiger partial charge in [0, 0.05) is 26.8 Å². The first kappa shape index (κ1) is 12.4. The highest BCUT2D eigenvalue weighted by Crippen LogP contribution is 2.17. The first-order valence-electron chi connectivity index (χ1n) is 5.28. The van der Waals surface area contributed by atoms with E-state index in [2.05, 4.69) is 10.6 Å². The highest BCUT2D eigenvalue weighted by Gasteiger charge is 2.21. The molecule has 0 aromatic carbocycles. The van der Waals surface area contributed by atoms with E-state index in [0.29, 0.717) is 25.7 Å². The van der Waals surface area contributed by atoms with Crippen molar-refractivity contribution in [2.24, 2.45) is 0 Å². The Morgan fingerprint density at radius 3 is 2.73 bits per heavy atom. The third-order valence-electron chi connectivity index (χ3n) is 2.34. The molecule has 1 saturated carbocycles. The Balaban J connectivity index is 2.02. The molecule has 0 saturated heterocycles. The zero-order chi connectivity index (χ0) is 11.1. The Kier molecular flexibility index (Phi) is 5.60. The summed E-state index contributed by atoms with van der Waals surface area (Å²) in [5, 5.41) is 5.94. The molecule has 0 heterocycles. The Morgan fingerprint density at radius 1 is 1.47 bits per heavy atom. The second-order valence-corrected chi connectivity index (χ2v) is 3.77. The third-order valence-corrected chi connectivity index (χ3v) is 2.34. The fraction of sp³-hybridized carbons (Fsp3) is 0.900. The number of carbonyl (C=O) groups is 1. The predicted molar refractivity (Wildman–Crippen MR) is 56.7 cm³/mol. The smallest absolute Gasteiger partial charge is 0.234 e. The lowest BCUT2D eigenvalue weighted by Gasteiger charge is -2.15. The minimum Gasteiger partial charge on any atom is -0.382 e. The second-order valence-electron chi connectivity index (χ2n) is 3.77. The maximum Gasteiger partial charge on any atom is 0.234 e. The van der Waals surface area contributed by atoms with Gasteiger partial charge >= 0.3 is 0 Å². The molecule has 2 N–H and O–H groups in total. The molecule has 1 fully saturated rings. The summed E-state index contributed by atoms with van der Waals surface area (Å²) in [7, 11) is 3.22. The van der Waals surface area contributed by atoms with Crippen LogP contribution in [0.5, 0.6) is 0 Å². The molecule has 1 aliphatic carbocycles. The van der Waals surface area contributed by atoms with Crippen LogP contribution in [0.15, 0.2) is 0 Å². The van der Waals surface area contributed by atoms with Crippen molar-refractivity contribution in [3.8, 4) is 0 Å². The Bertz CT molecular complexity index is 195. The molecule has 5 nitrogen and oxygen atoms in total. The van der Waals surface area contributed by atoms with Gasteiger partial charge in [0.2, 0.25) is 5.91 Å². The molecule has 1 unspecified atom stereocenters. The van der Waals surface area contributed by atoms with Crippen LogP contribution in [-0.2, 0) is 14.3 Å². The van der Waals surface area contributed by atoms with Crippen LogP contribution in [0.4, 0.5) is 0 Å². The number of ether oxygens (including phenoxy) is 2. The van der Waals surface area contributed by atoms with Gasteiger partial charge in [-0.2, -0.15) is 0 Å². The van der Waals surface area contributed by atoms with Crippen molar-refractivity contribution < 1.29 is 14.3 Å². The molecular formula is C10H20N2O3. The minimum atomic E-state index is -0.0696. The first-order valence-corrected chi connectivity index (χ1v) is 5.28. The Labute approximate surface area is 90.5 Å².